The van der Waals surface area contributed by atoms with Gasteiger partial charge in [0.25, 0.3) is 0 Å². The van der Waals surface area contributed by atoms with E-state index >= 15 is 0 Å². The molecular formula is C15H14N4O. The molecule has 0 aliphatic carbocycles. The average Bonchev–Trinajstić information content (AvgIpc) is 2.86. The Morgan fingerprint density at radius 3 is 2.75 bits per heavy atom. The highest BCUT2D eigenvalue weighted by molar-refractivity contribution is 5.79. The van der Waals surface area contributed by atoms with Gasteiger partial charge in [0.2, 0.25) is 0 Å². The summed E-state index contributed by atoms with van der Waals surface area (Å²) in [6, 6.07) is 9.57. The normalized spacial score (nSPS) is 10.5. The maximum absolute atomic E-state index is 8.25. The van der Waals surface area contributed by atoms with E-state index in [9.17, 15) is 0 Å². The van der Waals surface area contributed by atoms with Crippen LogP contribution in [0.15, 0.2) is 51.4 Å². The molecule has 0 saturated carbocycles. The van der Waals surface area contributed by atoms with Gasteiger partial charge in [0, 0.05) is 16.0 Å². The molecule has 0 unspecified atom stereocenters. The standard InChI is InChI=1S/C15H14N4O/c1-10(2)13-8-12(15-7-4-11(3)20-15)5-6-14(13)17-9-18-19-16/h4-9H,1H2,2-3H3. The maximum Gasteiger partial charge on any atom is 0.134 e. The predicted molar refractivity (Wildman–Crippen MR) is 80.9 cm³/mol. The van der Waals surface area contributed by atoms with Crippen LogP contribution in [0, 0.1) is 6.92 Å². The van der Waals surface area contributed by atoms with Crippen LogP contribution in [0.3, 0.4) is 0 Å². The van der Waals surface area contributed by atoms with E-state index in [2.05, 4.69) is 21.6 Å². The number of furan rings is 1. The third-order valence-electron chi connectivity index (χ3n) is 2.78. The molecule has 0 aliphatic heterocycles. The Labute approximate surface area is 116 Å². The average molecular weight is 266 g/mol. The van der Waals surface area contributed by atoms with Crippen LogP contribution in [0.4, 0.5) is 5.69 Å². The Bertz CT molecular complexity index is 721. The van der Waals surface area contributed by atoms with E-state index in [0.29, 0.717) is 5.69 Å². The lowest BCUT2D eigenvalue weighted by atomic mass is 10.0. The maximum atomic E-state index is 8.25. The second-order valence-electron chi connectivity index (χ2n) is 4.37. The molecule has 1 aromatic heterocycles. The van der Waals surface area contributed by atoms with Gasteiger partial charge in [-0.25, -0.2) is 0 Å². The van der Waals surface area contributed by atoms with Gasteiger partial charge in [-0.3, -0.25) is 4.99 Å². The summed E-state index contributed by atoms with van der Waals surface area (Å²) in [6.07, 6.45) is 1.18. The number of rotatable bonds is 4. The molecule has 1 heterocycles. The van der Waals surface area contributed by atoms with E-state index in [1.165, 1.54) is 6.34 Å². The predicted octanol–water partition coefficient (Wildman–Crippen LogP) is 5.26. The van der Waals surface area contributed by atoms with Crippen molar-refractivity contribution in [3.05, 3.63) is 58.7 Å². The highest BCUT2D eigenvalue weighted by atomic mass is 16.3. The van der Waals surface area contributed by atoms with Crippen molar-refractivity contribution in [2.75, 3.05) is 0 Å². The van der Waals surface area contributed by atoms with Crippen molar-refractivity contribution in [3.8, 4) is 11.3 Å². The van der Waals surface area contributed by atoms with E-state index in [1.807, 2.05) is 44.2 Å². The van der Waals surface area contributed by atoms with Gasteiger partial charge in [0.05, 0.1) is 12.0 Å². The summed E-state index contributed by atoms with van der Waals surface area (Å²) in [4.78, 5) is 6.75. The molecule has 0 spiro atoms. The quantitative estimate of drug-likeness (QED) is 0.244. The van der Waals surface area contributed by atoms with Crippen molar-refractivity contribution in [2.45, 2.75) is 13.8 Å². The van der Waals surface area contributed by atoms with Gasteiger partial charge in [-0.2, -0.15) is 0 Å². The van der Waals surface area contributed by atoms with Crippen molar-refractivity contribution in [1.82, 2.24) is 0 Å². The third kappa shape index (κ3) is 2.96. The van der Waals surface area contributed by atoms with Crippen LogP contribution in [0.2, 0.25) is 0 Å². The van der Waals surface area contributed by atoms with Crippen molar-refractivity contribution in [3.63, 3.8) is 0 Å². The molecule has 100 valence electrons. The second kappa shape index (κ2) is 5.91. The van der Waals surface area contributed by atoms with Crippen LogP contribution in [-0.4, -0.2) is 6.34 Å². The van der Waals surface area contributed by atoms with Gasteiger partial charge in [0.15, 0.2) is 0 Å². The first kappa shape index (κ1) is 13.6. The monoisotopic (exact) mass is 266 g/mol. The topological polar surface area (TPSA) is 74.3 Å². The molecule has 0 N–H and O–H groups in total. The fourth-order valence-corrected chi connectivity index (χ4v) is 1.84. The zero-order chi connectivity index (χ0) is 14.5. The van der Waals surface area contributed by atoms with Gasteiger partial charge < -0.3 is 4.42 Å². The minimum Gasteiger partial charge on any atom is -0.461 e. The molecule has 2 rings (SSSR count). The van der Waals surface area contributed by atoms with E-state index in [4.69, 9.17) is 9.95 Å². The lowest BCUT2D eigenvalue weighted by Crippen LogP contribution is -1.83. The number of aryl methyl sites for hydroxylation is 1. The minimum atomic E-state index is 0.705. The SMILES string of the molecule is C=C(C)c1cc(-c2ccc(C)o2)ccc1N=CN=[N+]=[N-]. The number of azide groups is 1. The summed E-state index contributed by atoms with van der Waals surface area (Å²) in [5.41, 5.74) is 11.7. The van der Waals surface area contributed by atoms with Crippen LogP contribution in [0.25, 0.3) is 27.3 Å². The molecule has 0 fully saturated rings. The number of hydrogen-bond acceptors (Lipinski definition) is 2. The molecule has 0 atom stereocenters. The summed E-state index contributed by atoms with van der Waals surface area (Å²) < 4.78 is 5.61. The van der Waals surface area contributed by atoms with Crippen molar-refractivity contribution in [2.24, 2.45) is 10.1 Å². The molecular weight excluding hydrogens is 252 g/mol. The molecule has 1 aromatic carbocycles. The largest absolute Gasteiger partial charge is 0.461 e. The van der Waals surface area contributed by atoms with Crippen molar-refractivity contribution in [1.29, 1.82) is 0 Å². The summed E-state index contributed by atoms with van der Waals surface area (Å²) in [7, 11) is 0. The lowest BCUT2D eigenvalue weighted by Gasteiger charge is -2.07. The number of benzene rings is 1. The fraction of sp³-hybridized carbons (Fsp3) is 0.133. The van der Waals surface area contributed by atoms with Crippen LogP contribution in [0.1, 0.15) is 18.2 Å². The Balaban J connectivity index is 2.47. The van der Waals surface area contributed by atoms with E-state index in [1.54, 1.807) is 0 Å². The van der Waals surface area contributed by atoms with E-state index in [0.717, 1.165) is 28.2 Å². The summed E-state index contributed by atoms with van der Waals surface area (Å²) in [5, 5.41) is 3.29. The number of nitrogens with zero attached hydrogens (tertiary/aromatic N) is 4. The van der Waals surface area contributed by atoms with Gasteiger partial charge in [-0.1, -0.05) is 6.58 Å². The third-order valence-corrected chi connectivity index (χ3v) is 2.78. The Morgan fingerprint density at radius 2 is 2.15 bits per heavy atom. The lowest BCUT2D eigenvalue weighted by molar-refractivity contribution is 0.548. The molecule has 0 radical (unpaired) electrons. The molecule has 5 heteroatoms. The van der Waals surface area contributed by atoms with Gasteiger partial charge in [-0.15, -0.1) is 0 Å². The zero-order valence-electron chi connectivity index (χ0n) is 11.4. The summed E-state index contributed by atoms with van der Waals surface area (Å²) >= 11 is 0. The van der Waals surface area contributed by atoms with Crippen molar-refractivity contribution >= 4 is 17.6 Å². The Morgan fingerprint density at radius 1 is 1.35 bits per heavy atom. The van der Waals surface area contributed by atoms with E-state index in [-0.39, 0.29) is 0 Å². The summed E-state index contributed by atoms with van der Waals surface area (Å²) in [5.74, 6) is 1.66. The van der Waals surface area contributed by atoms with Gasteiger partial charge in [-0.05, 0) is 60.4 Å². The molecule has 5 nitrogen and oxygen atoms in total. The van der Waals surface area contributed by atoms with Crippen LogP contribution < -0.4 is 0 Å². The second-order valence-corrected chi connectivity index (χ2v) is 4.37. The highest BCUT2D eigenvalue weighted by Crippen LogP contribution is 2.31. The van der Waals surface area contributed by atoms with Crippen LogP contribution in [-0.2, 0) is 0 Å². The first-order valence-electron chi connectivity index (χ1n) is 6.05. The molecule has 0 aliphatic rings. The van der Waals surface area contributed by atoms with Crippen molar-refractivity contribution < 1.29 is 4.42 Å². The Kier molecular flexibility index (Phi) is 4.03. The van der Waals surface area contributed by atoms with E-state index < -0.39 is 0 Å². The highest BCUT2D eigenvalue weighted by Gasteiger charge is 2.07. The molecule has 20 heavy (non-hydrogen) atoms. The Hall–Kier alpha value is -2.78. The first-order valence-corrected chi connectivity index (χ1v) is 6.05. The van der Waals surface area contributed by atoms with Crippen LogP contribution in [0.5, 0.6) is 0 Å². The molecule has 0 saturated heterocycles. The molecule has 2 aromatic rings. The molecule has 0 amide bonds. The summed E-state index contributed by atoms with van der Waals surface area (Å²) in [6.45, 7) is 7.75. The number of hydrogen-bond donors (Lipinski definition) is 0. The number of aliphatic imine (C=N–C) groups is 1. The number of allylic oxidation sites excluding steroid dienone is 1. The first-order chi connectivity index (χ1) is 9.61. The van der Waals surface area contributed by atoms with Crippen LogP contribution >= 0.6 is 0 Å². The fourth-order valence-electron chi connectivity index (χ4n) is 1.84. The van der Waals surface area contributed by atoms with Gasteiger partial charge >= 0.3 is 0 Å². The smallest absolute Gasteiger partial charge is 0.134 e. The van der Waals surface area contributed by atoms with Gasteiger partial charge in [0.1, 0.15) is 11.5 Å². The zero-order valence-corrected chi connectivity index (χ0v) is 11.4. The molecule has 0 bridgehead atoms. The minimum absolute atomic E-state index is 0.705.